The molecule has 0 aliphatic rings. The van der Waals surface area contributed by atoms with Crippen LogP contribution in [0.3, 0.4) is 0 Å². The summed E-state index contributed by atoms with van der Waals surface area (Å²) in [5.74, 6) is -0.579. The van der Waals surface area contributed by atoms with E-state index in [1.165, 1.54) is 6.92 Å². The fourth-order valence-electron chi connectivity index (χ4n) is 3.37. The number of carbonyl (C=O) groups excluding carboxylic acids is 1. The summed E-state index contributed by atoms with van der Waals surface area (Å²) < 4.78 is 41.9. The molecule has 6 nitrogen and oxygen atoms in total. The number of rotatable bonds is 6. The molecule has 0 fully saturated rings. The minimum absolute atomic E-state index is 0.109. The standard InChI is InChI=1S/C23H20F3N5O/c1-16-12-20(23(24,25)26)31(28-16)15-21(32)27-13-18-14-30(19-10-6-3-7-11-19)29-22(18)17-8-4-2-5-9-17/h2-12,14H,13,15H2,1H3,(H,27,32). The molecule has 2 aromatic carbocycles. The van der Waals surface area contributed by atoms with Crippen LogP contribution in [0.4, 0.5) is 13.2 Å². The lowest BCUT2D eigenvalue weighted by Gasteiger charge is -2.10. The Morgan fingerprint density at radius 1 is 1.00 bits per heavy atom. The molecule has 1 N–H and O–H groups in total. The van der Waals surface area contributed by atoms with Gasteiger partial charge in [-0.15, -0.1) is 0 Å². The predicted octanol–water partition coefficient (Wildman–Crippen LogP) is 4.38. The van der Waals surface area contributed by atoms with E-state index >= 15 is 0 Å². The Hall–Kier alpha value is -3.88. The van der Waals surface area contributed by atoms with Crippen molar-refractivity contribution in [2.45, 2.75) is 26.2 Å². The molecule has 9 heteroatoms. The fourth-order valence-corrected chi connectivity index (χ4v) is 3.37. The second-order valence-electron chi connectivity index (χ2n) is 7.25. The van der Waals surface area contributed by atoms with Gasteiger partial charge in [0.15, 0.2) is 0 Å². The van der Waals surface area contributed by atoms with E-state index in [1.807, 2.05) is 60.7 Å². The van der Waals surface area contributed by atoms with E-state index in [1.54, 1.807) is 10.9 Å². The van der Waals surface area contributed by atoms with Crippen LogP contribution in [0.1, 0.15) is 17.0 Å². The number of aryl methyl sites for hydroxylation is 1. The van der Waals surface area contributed by atoms with Crippen LogP contribution in [-0.4, -0.2) is 25.5 Å². The minimum Gasteiger partial charge on any atom is -0.350 e. The number of halogens is 3. The van der Waals surface area contributed by atoms with Gasteiger partial charge in [-0.05, 0) is 25.1 Å². The van der Waals surface area contributed by atoms with Gasteiger partial charge in [-0.2, -0.15) is 23.4 Å². The normalized spacial score (nSPS) is 11.5. The van der Waals surface area contributed by atoms with Crippen LogP contribution in [0.5, 0.6) is 0 Å². The number of hydrogen-bond acceptors (Lipinski definition) is 3. The summed E-state index contributed by atoms with van der Waals surface area (Å²) in [4.78, 5) is 12.4. The summed E-state index contributed by atoms with van der Waals surface area (Å²) >= 11 is 0. The first kappa shape index (κ1) is 21.4. The predicted molar refractivity (Wildman–Crippen MR) is 113 cm³/mol. The number of alkyl halides is 3. The number of carbonyl (C=O) groups is 1. The van der Waals surface area contributed by atoms with Crippen LogP contribution >= 0.6 is 0 Å². The summed E-state index contributed by atoms with van der Waals surface area (Å²) in [6.07, 6.45) is -2.78. The van der Waals surface area contributed by atoms with Crippen LogP contribution in [-0.2, 0) is 24.1 Å². The third-order valence-electron chi connectivity index (χ3n) is 4.82. The first-order valence-corrected chi connectivity index (χ1v) is 9.89. The zero-order chi connectivity index (χ0) is 22.7. The molecule has 164 valence electrons. The average Bonchev–Trinajstić information content (AvgIpc) is 3.37. The Labute approximate surface area is 182 Å². The van der Waals surface area contributed by atoms with Crippen LogP contribution in [0.2, 0.25) is 0 Å². The molecule has 0 atom stereocenters. The number of hydrogen-bond donors (Lipinski definition) is 1. The van der Waals surface area contributed by atoms with Gasteiger partial charge in [-0.3, -0.25) is 9.48 Å². The molecule has 2 heterocycles. The first-order chi connectivity index (χ1) is 15.3. The molecule has 2 aromatic heterocycles. The van der Waals surface area contributed by atoms with E-state index in [0.717, 1.165) is 22.9 Å². The first-order valence-electron chi connectivity index (χ1n) is 9.89. The van der Waals surface area contributed by atoms with Crippen molar-refractivity contribution in [3.8, 4) is 16.9 Å². The van der Waals surface area contributed by atoms with Crippen molar-refractivity contribution >= 4 is 5.91 Å². The third kappa shape index (κ3) is 4.72. The topological polar surface area (TPSA) is 64.7 Å². The van der Waals surface area contributed by atoms with Crippen molar-refractivity contribution in [1.29, 1.82) is 0 Å². The number of nitrogens with zero attached hydrogens (tertiary/aromatic N) is 4. The molecule has 0 unspecified atom stereocenters. The molecular weight excluding hydrogens is 419 g/mol. The molecule has 1 amide bonds. The summed E-state index contributed by atoms with van der Waals surface area (Å²) in [5.41, 5.74) is 2.38. The Kier molecular flexibility index (Phi) is 5.81. The minimum atomic E-state index is -4.58. The average molecular weight is 439 g/mol. The molecule has 0 aliphatic carbocycles. The highest BCUT2D eigenvalue weighted by Crippen LogP contribution is 2.29. The maximum Gasteiger partial charge on any atom is 0.433 e. The van der Waals surface area contributed by atoms with E-state index in [0.29, 0.717) is 10.4 Å². The van der Waals surface area contributed by atoms with Gasteiger partial charge in [0, 0.05) is 23.9 Å². The van der Waals surface area contributed by atoms with Crippen molar-refractivity contribution in [3.05, 3.63) is 89.9 Å². The van der Waals surface area contributed by atoms with Gasteiger partial charge in [-0.1, -0.05) is 48.5 Å². The van der Waals surface area contributed by atoms with Gasteiger partial charge in [-0.25, -0.2) is 4.68 Å². The maximum absolute atomic E-state index is 13.2. The van der Waals surface area contributed by atoms with Crippen LogP contribution < -0.4 is 5.32 Å². The van der Waals surface area contributed by atoms with Gasteiger partial charge in [0.25, 0.3) is 0 Å². The number of para-hydroxylation sites is 1. The van der Waals surface area contributed by atoms with Crippen LogP contribution in [0, 0.1) is 6.92 Å². The molecule has 4 aromatic rings. The van der Waals surface area contributed by atoms with E-state index in [9.17, 15) is 18.0 Å². The molecule has 0 radical (unpaired) electrons. The number of benzene rings is 2. The van der Waals surface area contributed by atoms with E-state index in [4.69, 9.17) is 0 Å². The van der Waals surface area contributed by atoms with Crippen molar-refractivity contribution in [1.82, 2.24) is 24.9 Å². The Bertz CT molecular complexity index is 1210. The SMILES string of the molecule is Cc1cc(C(F)(F)F)n(CC(=O)NCc2cn(-c3ccccc3)nc2-c2ccccc2)n1. The lowest BCUT2D eigenvalue weighted by molar-refractivity contribution is -0.144. The second kappa shape index (κ2) is 8.70. The zero-order valence-electron chi connectivity index (χ0n) is 17.2. The summed E-state index contributed by atoms with van der Waals surface area (Å²) in [7, 11) is 0. The highest BCUT2D eigenvalue weighted by atomic mass is 19.4. The lowest BCUT2D eigenvalue weighted by atomic mass is 10.1. The van der Waals surface area contributed by atoms with Crippen LogP contribution in [0.25, 0.3) is 16.9 Å². The highest BCUT2D eigenvalue weighted by Gasteiger charge is 2.35. The van der Waals surface area contributed by atoms with Gasteiger partial charge in [0.2, 0.25) is 5.91 Å². The number of aromatic nitrogens is 4. The third-order valence-corrected chi connectivity index (χ3v) is 4.82. The van der Waals surface area contributed by atoms with E-state index in [-0.39, 0.29) is 12.2 Å². The van der Waals surface area contributed by atoms with Gasteiger partial charge in [0.05, 0.1) is 17.1 Å². The summed E-state index contributed by atoms with van der Waals surface area (Å²) in [6.45, 7) is 1.03. The van der Waals surface area contributed by atoms with E-state index in [2.05, 4.69) is 15.5 Å². The zero-order valence-corrected chi connectivity index (χ0v) is 17.2. The Morgan fingerprint density at radius 3 is 2.31 bits per heavy atom. The molecule has 0 aliphatic heterocycles. The molecule has 0 saturated carbocycles. The highest BCUT2D eigenvalue weighted by molar-refractivity contribution is 5.76. The smallest absolute Gasteiger partial charge is 0.350 e. The van der Waals surface area contributed by atoms with Gasteiger partial charge >= 0.3 is 6.18 Å². The molecule has 0 bridgehead atoms. The lowest BCUT2D eigenvalue weighted by Crippen LogP contribution is -2.29. The van der Waals surface area contributed by atoms with Crippen molar-refractivity contribution < 1.29 is 18.0 Å². The van der Waals surface area contributed by atoms with E-state index < -0.39 is 24.3 Å². The molecular formula is C23H20F3N5O. The Balaban J connectivity index is 1.55. The number of nitrogens with one attached hydrogen (secondary N) is 1. The van der Waals surface area contributed by atoms with Gasteiger partial charge < -0.3 is 5.32 Å². The summed E-state index contributed by atoms with van der Waals surface area (Å²) in [6, 6.07) is 19.9. The van der Waals surface area contributed by atoms with Crippen LogP contribution in [0.15, 0.2) is 72.9 Å². The molecule has 0 saturated heterocycles. The second-order valence-corrected chi connectivity index (χ2v) is 7.25. The summed E-state index contributed by atoms with van der Waals surface area (Å²) in [5, 5.41) is 11.2. The van der Waals surface area contributed by atoms with Gasteiger partial charge in [0.1, 0.15) is 12.2 Å². The number of amides is 1. The molecule has 32 heavy (non-hydrogen) atoms. The Morgan fingerprint density at radius 2 is 1.66 bits per heavy atom. The van der Waals surface area contributed by atoms with Crippen molar-refractivity contribution in [2.24, 2.45) is 0 Å². The van der Waals surface area contributed by atoms with Crippen molar-refractivity contribution in [2.75, 3.05) is 0 Å². The largest absolute Gasteiger partial charge is 0.433 e. The van der Waals surface area contributed by atoms with Crippen molar-refractivity contribution in [3.63, 3.8) is 0 Å². The quantitative estimate of drug-likeness (QED) is 0.485. The molecule has 0 spiro atoms. The maximum atomic E-state index is 13.2. The fraction of sp³-hybridized carbons (Fsp3) is 0.174. The monoisotopic (exact) mass is 439 g/mol. The molecule has 4 rings (SSSR count).